The highest BCUT2D eigenvalue weighted by Gasteiger charge is 2.44. The van der Waals surface area contributed by atoms with E-state index in [1.807, 2.05) is 13.0 Å². The van der Waals surface area contributed by atoms with Gasteiger partial charge >= 0.3 is 0 Å². The topological polar surface area (TPSA) is 105 Å². The molecule has 2 bridgehead atoms. The zero-order valence-electron chi connectivity index (χ0n) is 25.1. The number of sulfonamides is 1. The molecule has 2 aliphatic heterocycles. The van der Waals surface area contributed by atoms with Crippen LogP contribution in [0.25, 0.3) is 0 Å². The lowest BCUT2D eigenvalue weighted by Crippen LogP contribution is -2.49. The Labute approximate surface area is 260 Å². The van der Waals surface area contributed by atoms with E-state index >= 15 is 0 Å². The number of rotatable bonds is 2. The van der Waals surface area contributed by atoms with E-state index in [4.69, 9.17) is 21.1 Å². The summed E-state index contributed by atoms with van der Waals surface area (Å²) in [5.74, 6) is 0.569. The number of fused-ring (bicyclic) bond motifs is 4. The van der Waals surface area contributed by atoms with Crippen LogP contribution in [0.15, 0.2) is 36.4 Å². The van der Waals surface area contributed by atoms with Gasteiger partial charge in [-0.1, -0.05) is 24.6 Å². The standard InChI is InChI=1S/C33H43ClN2O6S/c1-21-5-11-30(37)27-9-6-24(27)17-36-19-33(13-3-4-22-15-25(34)8-10-28(22)33)20-42-31-12-7-23(16-29(31)36)32(38)35-43(39,40)26(14-21)18-41-2/h7-8,10,12,15-16,21,24,26-27,30,37H,3-6,9,11,13-14,17-20H2,1-2H3,(H,35,38)/t21-,24?,26-,27?,30-,33-/m0/s1. The Morgan fingerprint density at radius 3 is 2.77 bits per heavy atom. The number of carbonyl (C=O) groups excluding carboxylic acids is 1. The lowest BCUT2D eigenvalue weighted by molar-refractivity contribution is 0.00690. The van der Waals surface area contributed by atoms with Gasteiger partial charge in [0.1, 0.15) is 11.0 Å². The molecule has 43 heavy (non-hydrogen) atoms. The maximum Gasteiger partial charge on any atom is 0.264 e. The highest BCUT2D eigenvalue weighted by molar-refractivity contribution is 7.90. The van der Waals surface area contributed by atoms with Crippen LogP contribution in [0.4, 0.5) is 5.69 Å². The van der Waals surface area contributed by atoms with Crippen LogP contribution in [0.1, 0.15) is 73.4 Å². The van der Waals surface area contributed by atoms with Crippen LogP contribution >= 0.6 is 11.6 Å². The molecule has 4 aliphatic rings. The second-order valence-corrected chi connectivity index (χ2v) is 15.7. The molecule has 1 spiro atoms. The molecule has 2 aromatic rings. The molecule has 10 heteroatoms. The van der Waals surface area contributed by atoms with E-state index < -0.39 is 27.3 Å². The van der Waals surface area contributed by atoms with Crippen molar-refractivity contribution < 1.29 is 27.8 Å². The van der Waals surface area contributed by atoms with Gasteiger partial charge in [-0.2, -0.15) is 0 Å². The summed E-state index contributed by atoms with van der Waals surface area (Å²) in [4.78, 5) is 15.8. The number of aliphatic hydroxyl groups excluding tert-OH is 1. The molecule has 2 aromatic carbocycles. The van der Waals surface area contributed by atoms with Crippen LogP contribution in [-0.4, -0.2) is 64.2 Å². The molecule has 234 valence electrons. The van der Waals surface area contributed by atoms with Gasteiger partial charge in [0.05, 0.1) is 25.0 Å². The van der Waals surface area contributed by atoms with E-state index in [0.29, 0.717) is 44.1 Å². The third-order valence-electron chi connectivity index (χ3n) is 10.4. The van der Waals surface area contributed by atoms with Crippen LogP contribution in [0, 0.1) is 17.8 Å². The lowest BCUT2D eigenvalue weighted by atomic mass is 9.68. The monoisotopic (exact) mass is 630 g/mol. The number of benzene rings is 2. The maximum absolute atomic E-state index is 13.5. The number of aryl methyl sites for hydroxylation is 1. The predicted molar refractivity (Wildman–Crippen MR) is 168 cm³/mol. The Kier molecular flexibility index (Phi) is 8.72. The number of hydrogen-bond acceptors (Lipinski definition) is 7. The Hall–Kier alpha value is -2.33. The van der Waals surface area contributed by atoms with Crippen LogP contribution in [0.2, 0.25) is 5.02 Å². The second-order valence-electron chi connectivity index (χ2n) is 13.3. The smallest absolute Gasteiger partial charge is 0.264 e. The number of methoxy groups -OCH3 is 1. The Morgan fingerprint density at radius 1 is 1.16 bits per heavy atom. The largest absolute Gasteiger partial charge is 0.490 e. The van der Waals surface area contributed by atoms with Crippen LogP contribution in [-0.2, 0) is 26.6 Å². The zero-order valence-corrected chi connectivity index (χ0v) is 26.6. The summed E-state index contributed by atoms with van der Waals surface area (Å²) < 4.78 is 40.9. The van der Waals surface area contributed by atoms with E-state index in [1.165, 1.54) is 18.2 Å². The number of hydrogen-bond donors (Lipinski definition) is 2. The Balaban J connectivity index is 1.40. The molecule has 2 heterocycles. The van der Waals surface area contributed by atoms with Crippen LogP contribution in [0.3, 0.4) is 0 Å². The number of anilines is 1. The minimum absolute atomic E-state index is 0.0131. The first-order valence-corrected chi connectivity index (χ1v) is 17.5. The average molecular weight is 631 g/mol. The molecule has 1 fully saturated rings. The fraction of sp³-hybridized carbons (Fsp3) is 0.606. The van der Waals surface area contributed by atoms with Crippen molar-refractivity contribution in [1.29, 1.82) is 0 Å². The first kappa shape index (κ1) is 30.7. The van der Waals surface area contributed by atoms with E-state index in [1.54, 1.807) is 18.2 Å². The minimum atomic E-state index is -4.01. The third-order valence-corrected chi connectivity index (χ3v) is 12.3. The van der Waals surface area contributed by atoms with Crippen molar-refractivity contribution in [2.75, 3.05) is 38.3 Å². The van der Waals surface area contributed by atoms with Crippen LogP contribution in [0.5, 0.6) is 5.75 Å². The number of nitrogens with one attached hydrogen (secondary N) is 1. The molecule has 6 rings (SSSR count). The number of aliphatic hydroxyl groups is 1. The number of carbonyl (C=O) groups is 1. The van der Waals surface area contributed by atoms with Gasteiger partial charge < -0.3 is 19.5 Å². The lowest BCUT2D eigenvalue weighted by Gasteiger charge is -2.46. The highest BCUT2D eigenvalue weighted by atomic mass is 35.5. The summed E-state index contributed by atoms with van der Waals surface area (Å²) in [6, 6.07) is 11.4. The number of ether oxygens (including phenoxy) is 2. The number of halogens is 1. The minimum Gasteiger partial charge on any atom is -0.490 e. The molecule has 8 nitrogen and oxygen atoms in total. The summed E-state index contributed by atoms with van der Waals surface area (Å²) in [6.45, 7) is 3.92. The summed E-state index contributed by atoms with van der Waals surface area (Å²) in [7, 11) is -2.54. The molecule has 1 saturated carbocycles. The molecule has 0 radical (unpaired) electrons. The Bertz CT molecular complexity index is 1470. The SMILES string of the molecule is COC[C@@H]1C[C@@H](C)CC[C@H](O)C2CCC2CN2C[C@@]3(CCCc4cc(Cl)ccc43)COc3ccc(cc32)C(=O)NS1(=O)=O. The van der Waals surface area contributed by atoms with Crippen molar-refractivity contribution in [3.05, 3.63) is 58.1 Å². The highest BCUT2D eigenvalue weighted by Crippen LogP contribution is 2.47. The van der Waals surface area contributed by atoms with Crippen molar-refractivity contribution in [1.82, 2.24) is 4.72 Å². The average Bonchev–Trinajstić information content (AvgIpc) is 3.10. The molecule has 6 atom stereocenters. The molecular formula is C33H43ClN2O6S. The van der Waals surface area contributed by atoms with Gasteiger partial charge in [-0.3, -0.25) is 4.79 Å². The van der Waals surface area contributed by atoms with Gasteiger partial charge in [0.2, 0.25) is 10.0 Å². The fourth-order valence-electron chi connectivity index (χ4n) is 7.84. The molecular weight excluding hydrogens is 588 g/mol. The molecule has 0 aromatic heterocycles. The molecule has 1 amide bonds. The first-order valence-electron chi connectivity index (χ1n) is 15.6. The van der Waals surface area contributed by atoms with Crippen LogP contribution < -0.4 is 14.4 Å². The molecule has 2 N–H and O–H groups in total. The van der Waals surface area contributed by atoms with Crippen molar-refractivity contribution in [2.24, 2.45) is 17.8 Å². The summed E-state index contributed by atoms with van der Waals surface area (Å²) in [6.07, 6.45) is 6.22. The van der Waals surface area contributed by atoms with E-state index in [2.05, 4.69) is 21.8 Å². The maximum atomic E-state index is 13.5. The Morgan fingerprint density at radius 2 is 2.00 bits per heavy atom. The predicted octanol–water partition coefficient (Wildman–Crippen LogP) is 5.09. The normalized spacial score (nSPS) is 32.4. The van der Waals surface area contributed by atoms with Crippen molar-refractivity contribution in [3.63, 3.8) is 0 Å². The van der Waals surface area contributed by atoms with Crippen molar-refractivity contribution in [2.45, 2.75) is 75.1 Å². The molecule has 2 unspecified atom stereocenters. The van der Waals surface area contributed by atoms with E-state index in [-0.39, 0.29) is 29.4 Å². The summed E-state index contributed by atoms with van der Waals surface area (Å²) in [5, 5.41) is 11.2. The molecule has 0 saturated heterocycles. The van der Waals surface area contributed by atoms with E-state index in [9.17, 15) is 18.3 Å². The summed E-state index contributed by atoms with van der Waals surface area (Å²) >= 11 is 6.39. The van der Waals surface area contributed by atoms with Gasteiger partial charge in [0.25, 0.3) is 5.91 Å². The third kappa shape index (κ3) is 6.15. The van der Waals surface area contributed by atoms with Crippen molar-refractivity contribution >= 4 is 33.2 Å². The zero-order chi connectivity index (χ0) is 30.4. The second kappa shape index (κ2) is 12.2. The quantitative estimate of drug-likeness (QED) is 0.476. The van der Waals surface area contributed by atoms with Gasteiger partial charge in [-0.25, -0.2) is 13.1 Å². The van der Waals surface area contributed by atoms with Gasteiger partial charge in [0, 0.05) is 36.2 Å². The van der Waals surface area contributed by atoms with Gasteiger partial charge in [-0.05, 0) is 111 Å². The number of amides is 1. The first-order chi connectivity index (χ1) is 20.6. The van der Waals surface area contributed by atoms with E-state index in [0.717, 1.165) is 49.4 Å². The number of nitrogens with zero attached hydrogens (tertiary/aromatic N) is 1. The van der Waals surface area contributed by atoms with Crippen molar-refractivity contribution in [3.8, 4) is 5.75 Å². The van der Waals surface area contributed by atoms with Gasteiger partial charge in [0.15, 0.2) is 0 Å². The fourth-order valence-corrected chi connectivity index (χ4v) is 9.48. The molecule has 2 aliphatic carbocycles. The summed E-state index contributed by atoms with van der Waals surface area (Å²) in [5.41, 5.74) is 3.31. The van der Waals surface area contributed by atoms with Gasteiger partial charge in [-0.15, -0.1) is 0 Å².